The monoisotopic (exact) mass is 474 g/mol. The molecule has 1 fully saturated rings. The molecule has 4 heterocycles. The number of pyridine rings is 1. The molecule has 11 heteroatoms. The summed E-state index contributed by atoms with van der Waals surface area (Å²) >= 11 is 0. The van der Waals surface area contributed by atoms with Crippen LogP contribution in [0, 0.1) is 5.82 Å². The van der Waals surface area contributed by atoms with Crippen LogP contribution in [0.4, 0.5) is 28.2 Å². The molecule has 3 N–H and O–H groups in total. The number of nitrogens with two attached hydrogens (primary N) is 1. The number of anilines is 1. The first-order chi connectivity index (χ1) is 16.1. The highest BCUT2D eigenvalue weighted by Gasteiger charge is 2.51. The number of amides is 2. The SMILES string of the molecule is C[C@@H](NC(=O)N1CC2(CCn3nc(-c4cnc(N)c(C(F)(F)F)c4)cc32)C1)c1cccc(F)c1. The van der Waals surface area contributed by atoms with Gasteiger partial charge >= 0.3 is 12.2 Å². The third kappa shape index (κ3) is 3.74. The van der Waals surface area contributed by atoms with Crippen LogP contribution in [-0.2, 0) is 18.1 Å². The molecule has 0 aliphatic carbocycles. The molecule has 2 aliphatic heterocycles. The summed E-state index contributed by atoms with van der Waals surface area (Å²) in [4.78, 5) is 18.1. The number of rotatable bonds is 3. The van der Waals surface area contributed by atoms with Gasteiger partial charge in [0, 0.05) is 42.5 Å². The van der Waals surface area contributed by atoms with Gasteiger partial charge in [0.15, 0.2) is 0 Å². The number of alkyl halides is 3. The summed E-state index contributed by atoms with van der Waals surface area (Å²) in [7, 11) is 0. The number of carbonyl (C=O) groups is 1. The van der Waals surface area contributed by atoms with Gasteiger partial charge in [0.2, 0.25) is 0 Å². The highest BCUT2D eigenvalue weighted by molar-refractivity contribution is 5.76. The van der Waals surface area contributed by atoms with E-state index in [0.717, 1.165) is 18.2 Å². The molecule has 34 heavy (non-hydrogen) atoms. The molecule has 3 aromatic rings. The lowest BCUT2D eigenvalue weighted by Crippen LogP contribution is -2.62. The van der Waals surface area contributed by atoms with Crippen molar-refractivity contribution in [3.63, 3.8) is 0 Å². The molecule has 5 rings (SSSR count). The topological polar surface area (TPSA) is 89.1 Å². The van der Waals surface area contributed by atoms with E-state index in [9.17, 15) is 22.4 Å². The van der Waals surface area contributed by atoms with E-state index in [-0.39, 0.29) is 28.9 Å². The fraction of sp³-hybridized carbons (Fsp3) is 0.348. The summed E-state index contributed by atoms with van der Waals surface area (Å²) in [6.07, 6.45) is -2.54. The quantitative estimate of drug-likeness (QED) is 0.559. The maximum absolute atomic E-state index is 13.5. The Bertz CT molecular complexity index is 1260. The van der Waals surface area contributed by atoms with Crippen LogP contribution in [0.5, 0.6) is 0 Å². The van der Waals surface area contributed by atoms with Gasteiger partial charge in [0.25, 0.3) is 0 Å². The van der Waals surface area contributed by atoms with Crippen molar-refractivity contribution in [2.24, 2.45) is 0 Å². The van der Waals surface area contributed by atoms with Crippen molar-refractivity contribution in [2.75, 3.05) is 18.8 Å². The first-order valence-corrected chi connectivity index (χ1v) is 10.8. The first-order valence-electron chi connectivity index (χ1n) is 10.8. The number of nitrogens with zero attached hydrogens (tertiary/aromatic N) is 4. The van der Waals surface area contributed by atoms with E-state index in [1.807, 2.05) is 0 Å². The van der Waals surface area contributed by atoms with Gasteiger partial charge in [0.1, 0.15) is 11.6 Å². The molecule has 2 aromatic heterocycles. The number of urea groups is 1. The van der Waals surface area contributed by atoms with Gasteiger partial charge in [-0.2, -0.15) is 18.3 Å². The molecule has 2 aliphatic rings. The number of nitrogen functional groups attached to an aromatic ring is 1. The second kappa shape index (κ2) is 7.71. The average molecular weight is 474 g/mol. The van der Waals surface area contributed by atoms with Crippen molar-refractivity contribution < 1.29 is 22.4 Å². The minimum Gasteiger partial charge on any atom is -0.383 e. The third-order valence-corrected chi connectivity index (χ3v) is 6.61. The predicted molar refractivity (Wildman–Crippen MR) is 116 cm³/mol. The summed E-state index contributed by atoms with van der Waals surface area (Å²) in [6.45, 7) is 3.33. The Morgan fingerprint density at radius 3 is 2.71 bits per heavy atom. The molecule has 1 atom stereocenters. The van der Waals surface area contributed by atoms with E-state index in [0.29, 0.717) is 30.9 Å². The van der Waals surface area contributed by atoms with Gasteiger partial charge in [-0.25, -0.2) is 14.2 Å². The standard InChI is InChI=1S/C23H22F4N6O/c1-13(14-3-2-4-16(24)7-14)30-21(34)32-11-22(12-32)5-6-33-19(22)9-18(31-33)15-8-17(23(25,26)27)20(28)29-10-15/h2-4,7-10,13H,5-6,11-12H2,1H3,(H2,28,29)(H,30,34)/t13-/m1/s1. The zero-order valence-electron chi connectivity index (χ0n) is 18.2. The molecule has 1 spiro atoms. The van der Waals surface area contributed by atoms with E-state index in [4.69, 9.17) is 5.73 Å². The first kappa shape index (κ1) is 22.2. The molecule has 1 aromatic carbocycles. The number of likely N-dealkylation sites (tertiary alicyclic amines) is 1. The maximum Gasteiger partial charge on any atom is 0.419 e. The second-order valence-corrected chi connectivity index (χ2v) is 8.91. The van der Waals surface area contributed by atoms with Crippen LogP contribution in [0.15, 0.2) is 42.6 Å². The fourth-order valence-electron chi connectivity index (χ4n) is 4.73. The third-order valence-electron chi connectivity index (χ3n) is 6.61. The number of carbonyl (C=O) groups excluding carboxylic acids is 1. The van der Waals surface area contributed by atoms with Gasteiger partial charge in [-0.3, -0.25) is 4.68 Å². The lowest BCUT2D eigenvalue weighted by molar-refractivity contribution is -0.137. The van der Waals surface area contributed by atoms with E-state index in [1.165, 1.54) is 18.3 Å². The van der Waals surface area contributed by atoms with Crippen LogP contribution in [0.3, 0.4) is 0 Å². The van der Waals surface area contributed by atoms with Gasteiger partial charge in [-0.1, -0.05) is 12.1 Å². The van der Waals surface area contributed by atoms with E-state index in [2.05, 4.69) is 15.4 Å². The lowest BCUT2D eigenvalue weighted by Gasteiger charge is -2.47. The zero-order chi connectivity index (χ0) is 24.3. The summed E-state index contributed by atoms with van der Waals surface area (Å²) in [5, 5.41) is 7.35. The van der Waals surface area contributed by atoms with Gasteiger partial charge in [-0.05, 0) is 43.2 Å². The van der Waals surface area contributed by atoms with Crippen LogP contribution < -0.4 is 11.1 Å². The van der Waals surface area contributed by atoms with E-state index >= 15 is 0 Å². The molecule has 1 saturated heterocycles. The molecule has 0 unspecified atom stereocenters. The van der Waals surface area contributed by atoms with Crippen molar-refractivity contribution in [3.05, 3.63) is 65.2 Å². The minimum atomic E-state index is -4.61. The van der Waals surface area contributed by atoms with Crippen LogP contribution >= 0.6 is 0 Å². The van der Waals surface area contributed by atoms with E-state index < -0.39 is 17.6 Å². The Morgan fingerprint density at radius 1 is 1.24 bits per heavy atom. The summed E-state index contributed by atoms with van der Waals surface area (Å²) in [6, 6.07) is 8.19. The Morgan fingerprint density at radius 2 is 2.00 bits per heavy atom. The number of hydrogen-bond donors (Lipinski definition) is 2. The number of nitrogens with one attached hydrogen (secondary N) is 1. The average Bonchev–Trinajstić information content (AvgIpc) is 3.31. The Hall–Kier alpha value is -3.63. The molecule has 0 saturated carbocycles. The van der Waals surface area contributed by atoms with Crippen LogP contribution in [0.2, 0.25) is 0 Å². The highest BCUT2D eigenvalue weighted by Crippen LogP contribution is 2.44. The Labute approximate surface area is 192 Å². The Kier molecular flexibility index (Phi) is 5.03. The number of hydrogen-bond acceptors (Lipinski definition) is 4. The molecule has 7 nitrogen and oxygen atoms in total. The van der Waals surface area contributed by atoms with Gasteiger partial charge in [0.05, 0.1) is 17.3 Å². The zero-order valence-corrected chi connectivity index (χ0v) is 18.2. The predicted octanol–water partition coefficient (Wildman–Crippen LogP) is 4.11. The molecule has 2 amide bonds. The van der Waals surface area contributed by atoms with Crippen molar-refractivity contribution in [1.29, 1.82) is 0 Å². The van der Waals surface area contributed by atoms with Crippen LogP contribution in [0.1, 0.15) is 36.2 Å². The van der Waals surface area contributed by atoms with E-state index in [1.54, 1.807) is 34.7 Å². The van der Waals surface area contributed by atoms with Crippen molar-refractivity contribution in [1.82, 2.24) is 25.0 Å². The molecule has 0 bridgehead atoms. The number of halogens is 4. The molecular weight excluding hydrogens is 452 g/mol. The molecule has 178 valence electrons. The lowest BCUT2D eigenvalue weighted by atomic mass is 9.76. The van der Waals surface area contributed by atoms with Gasteiger partial charge < -0.3 is 16.0 Å². The molecule has 0 radical (unpaired) electrons. The highest BCUT2D eigenvalue weighted by atomic mass is 19.4. The Balaban J connectivity index is 1.30. The minimum absolute atomic E-state index is 0.233. The van der Waals surface area contributed by atoms with Crippen molar-refractivity contribution in [2.45, 2.75) is 37.5 Å². The van der Waals surface area contributed by atoms with Gasteiger partial charge in [-0.15, -0.1) is 0 Å². The smallest absolute Gasteiger partial charge is 0.383 e. The van der Waals surface area contributed by atoms with Crippen LogP contribution in [-0.4, -0.2) is 38.8 Å². The second-order valence-electron chi connectivity index (χ2n) is 8.91. The number of fused-ring (bicyclic) bond motifs is 2. The number of aryl methyl sites for hydroxylation is 1. The summed E-state index contributed by atoms with van der Waals surface area (Å²) in [5.74, 6) is -0.942. The largest absolute Gasteiger partial charge is 0.419 e. The number of benzene rings is 1. The normalized spacial score (nSPS) is 17.4. The van der Waals surface area contributed by atoms with Crippen molar-refractivity contribution in [3.8, 4) is 11.3 Å². The summed E-state index contributed by atoms with van der Waals surface area (Å²) < 4.78 is 54.9. The van der Waals surface area contributed by atoms with Crippen LogP contribution in [0.25, 0.3) is 11.3 Å². The number of aromatic nitrogens is 3. The maximum atomic E-state index is 13.5. The molecular formula is C23H22F4N6O. The summed E-state index contributed by atoms with van der Waals surface area (Å²) in [5.41, 5.74) is 6.29. The fourth-order valence-corrected chi connectivity index (χ4v) is 4.73. The van der Waals surface area contributed by atoms with Crippen molar-refractivity contribution >= 4 is 11.8 Å².